The number of fused-ring (bicyclic) bond motifs is 1. The van der Waals surface area contributed by atoms with Crippen molar-refractivity contribution in [1.82, 2.24) is 4.98 Å². The second-order valence-corrected chi connectivity index (χ2v) is 8.99. The Kier molecular flexibility index (Phi) is 4.01. The van der Waals surface area contributed by atoms with Crippen LogP contribution in [0, 0.1) is 0 Å². The number of aliphatic carboxylic acids is 1. The number of carbonyl (C=O) groups is 1. The molecular weight excluding hydrogens is 372 g/mol. The molecule has 1 N–H and O–H groups in total. The number of hydrogen-bond donors (Lipinski definition) is 1. The molecule has 0 fully saturated rings. The van der Waals surface area contributed by atoms with Crippen molar-refractivity contribution in [3.63, 3.8) is 0 Å². The van der Waals surface area contributed by atoms with Crippen LogP contribution in [0.15, 0.2) is 65.0 Å². The van der Waals surface area contributed by atoms with E-state index in [0.29, 0.717) is 16.9 Å². The molecular formula is C18H14N2O4S2. The summed E-state index contributed by atoms with van der Waals surface area (Å²) in [6.07, 6.45) is 1.65. The Bertz CT molecular complexity index is 1080. The predicted octanol–water partition coefficient (Wildman–Crippen LogP) is 3.19. The lowest BCUT2D eigenvalue weighted by atomic mass is 10.0. The third-order valence-electron chi connectivity index (χ3n) is 4.27. The van der Waals surface area contributed by atoms with E-state index >= 15 is 0 Å². The van der Waals surface area contributed by atoms with E-state index in [0.717, 1.165) is 16.2 Å². The van der Waals surface area contributed by atoms with E-state index < -0.39 is 21.9 Å². The second kappa shape index (κ2) is 6.22. The third kappa shape index (κ3) is 2.67. The monoisotopic (exact) mass is 386 g/mol. The first-order valence-electron chi connectivity index (χ1n) is 7.84. The molecule has 0 radical (unpaired) electrons. The van der Waals surface area contributed by atoms with Gasteiger partial charge in [0, 0.05) is 6.20 Å². The molecule has 0 bridgehead atoms. The average Bonchev–Trinajstić information content (AvgIpc) is 3.28. The third-order valence-corrected chi connectivity index (χ3v) is 7.63. The zero-order valence-electron chi connectivity index (χ0n) is 13.4. The van der Waals surface area contributed by atoms with Crippen molar-refractivity contribution in [3.05, 3.63) is 66.4 Å². The van der Waals surface area contributed by atoms with Crippen molar-refractivity contribution >= 4 is 33.0 Å². The minimum absolute atomic E-state index is 0.103. The SMILES string of the molecule is O=C(O)C1CN(S(=O)(=O)c2ccc(-c3ccccn3)s2)c2ccccc21. The quantitative estimate of drug-likeness (QED) is 0.744. The van der Waals surface area contributed by atoms with Crippen molar-refractivity contribution in [3.8, 4) is 10.6 Å². The van der Waals surface area contributed by atoms with Gasteiger partial charge in [-0.2, -0.15) is 0 Å². The highest BCUT2D eigenvalue weighted by molar-refractivity contribution is 7.94. The fourth-order valence-electron chi connectivity index (χ4n) is 3.02. The van der Waals surface area contributed by atoms with Crippen LogP contribution in [-0.2, 0) is 14.8 Å². The predicted molar refractivity (Wildman–Crippen MR) is 98.9 cm³/mol. The molecule has 0 amide bonds. The summed E-state index contributed by atoms with van der Waals surface area (Å²) in [5, 5.41) is 9.44. The Balaban J connectivity index is 1.74. The number of aromatic nitrogens is 1. The molecule has 1 aliphatic heterocycles. The van der Waals surface area contributed by atoms with Crippen LogP contribution in [0.4, 0.5) is 5.69 Å². The molecule has 3 aromatic rings. The number of pyridine rings is 1. The molecule has 4 rings (SSSR count). The number of thiophene rings is 1. The van der Waals surface area contributed by atoms with Crippen LogP contribution in [0.1, 0.15) is 11.5 Å². The van der Waals surface area contributed by atoms with E-state index in [1.165, 1.54) is 4.31 Å². The van der Waals surface area contributed by atoms with Crippen LogP contribution in [0.5, 0.6) is 0 Å². The van der Waals surface area contributed by atoms with Gasteiger partial charge in [0.25, 0.3) is 10.0 Å². The van der Waals surface area contributed by atoms with Gasteiger partial charge in [-0.3, -0.25) is 14.1 Å². The van der Waals surface area contributed by atoms with Crippen LogP contribution in [0.3, 0.4) is 0 Å². The lowest BCUT2D eigenvalue weighted by Gasteiger charge is -2.18. The van der Waals surface area contributed by atoms with E-state index in [-0.39, 0.29) is 10.8 Å². The summed E-state index contributed by atoms with van der Waals surface area (Å²) in [5.41, 5.74) is 1.64. The van der Waals surface area contributed by atoms with Crippen molar-refractivity contribution in [2.75, 3.05) is 10.8 Å². The molecule has 3 heterocycles. The van der Waals surface area contributed by atoms with Gasteiger partial charge >= 0.3 is 5.97 Å². The fourth-order valence-corrected chi connectivity index (χ4v) is 5.93. The molecule has 0 saturated carbocycles. The van der Waals surface area contributed by atoms with Gasteiger partial charge in [-0.05, 0) is 35.9 Å². The lowest BCUT2D eigenvalue weighted by molar-refractivity contribution is -0.138. The number of sulfonamides is 1. The topological polar surface area (TPSA) is 87.6 Å². The van der Waals surface area contributed by atoms with Crippen molar-refractivity contribution in [2.24, 2.45) is 0 Å². The Morgan fingerprint density at radius 3 is 2.62 bits per heavy atom. The largest absolute Gasteiger partial charge is 0.481 e. The highest BCUT2D eigenvalue weighted by atomic mass is 32.2. The minimum atomic E-state index is -3.84. The Morgan fingerprint density at radius 2 is 1.88 bits per heavy atom. The molecule has 132 valence electrons. The maximum atomic E-state index is 13.1. The second-order valence-electron chi connectivity index (χ2n) is 5.82. The summed E-state index contributed by atoms with van der Waals surface area (Å²) in [6, 6.07) is 15.4. The Hall–Kier alpha value is -2.71. The molecule has 1 atom stereocenters. The number of benzene rings is 1. The summed E-state index contributed by atoms with van der Waals surface area (Å²) in [5.74, 6) is -1.90. The summed E-state index contributed by atoms with van der Waals surface area (Å²) in [6.45, 7) is -0.103. The van der Waals surface area contributed by atoms with Crippen molar-refractivity contribution in [1.29, 1.82) is 0 Å². The number of para-hydroxylation sites is 1. The van der Waals surface area contributed by atoms with Gasteiger partial charge < -0.3 is 5.11 Å². The summed E-state index contributed by atoms with van der Waals surface area (Å²) in [4.78, 5) is 16.5. The molecule has 1 aliphatic rings. The molecule has 0 aliphatic carbocycles. The highest BCUT2D eigenvalue weighted by Crippen LogP contribution is 2.41. The van der Waals surface area contributed by atoms with Crippen LogP contribution in [-0.4, -0.2) is 31.0 Å². The van der Waals surface area contributed by atoms with Crippen molar-refractivity contribution < 1.29 is 18.3 Å². The van der Waals surface area contributed by atoms with Crippen LogP contribution in [0.2, 0.25) is 0 Å². The standard InChI is InChI=1S/C18H14N2O4S2/c21-18(22)13-11-20(15-7-2-1-5-12(13)15)26(23,24)17-9-8-16(25-17)14-6-3-4-10-19-14/h1-10,13H,11H2,(H,21,22). The van der Waals surface area contributed by atoms with Gasteiger partial charge in [-0.25, -0.2) is 8.42 Å². The Labute approximate surface area is 154 Å². The molecule has 0 saturated heterocycles. The van der Waals surface area contributed by atoms with Gasteiger partial charge in [0.15, 0.2) is 0 Å². The summed E-state index contributed by atoms with van der Waals surface area (Å²) in [7, 11) is -3.84. The highest BCUT2D eigenvalue weighted by Gasteiger charge is 2.40. The van der Waals surface area contributed by atoms with Crippen LogP contribution in [0.25, 0.3) is 10.6 Å². The first-order valence-corrected chi connectivity index (χ1v) is 10.1. The molecule has 1 unspecified atom stereocenters. The molecule has 1 aromatic carbocycles. The van der Waals surface area contributed by atoms with Crippen LogP contribution >= 0.6 is 11.3 Å². The van der Waals surface area contributed by atoms with Gasteiger partial charge in [0.1, 0.15) is 10.1 Å². The zero-order valence-corrected chi connectivity index (χ0v) is 15.1. The lowest BCUT2D eigenvalue weighted by Crippen LogP contribution is -2.30. The van der Waals surface area contributed by atoms with Crippen molar-refractivity contribution in [2.45, 2.75) is 10.1 Å². The maximum Gasteiger partial charge on any atom is 0.312 e. The minimum Gasteiger partial charge on any atom is -0.481 e. The molecule has 26 heavy (non-hydrogen) atoms. The van der Waals surface area contributed by atoms with E-state index in [1.807, 2.05) is 12.1 Å². The molecule has 0 spiro atoms. The summed E-state index contributed by atoms with van der Waals surface area (Å²) >= 11 is 1.12. The maximum absolute atomic E-state index is 13.1. The smallest absolute Gasteiger partial charge is 0.312 e. The van der Waals surface area contributed by atoms with E-state index in [9.17, 15) is 18.3 Å². The number of hydrogen-bond acceptors (Lipinski definition) is 5. The summed E-state index contributed by atoms with van der Waals surface area (Å²) < 4.78 is 27.6. The molecule has 2 aromatic heterocycles. The van der Waals surface area contributed by atoms with E-state index in [1.54, 1.807) is 48.7 Å². The molecule has 8 heteroatoms. The van der Waals surface area contributed by atoms with Gasteiger partial charge in [0.05, 0.1) is 22.8 Å². The fraction of sp³-hybridized carbons (Fsp3) is 0.111. The number of anilines is 1. The number of carboxylic acid groups (broad SMARTS) is 1. The van der Waals surface area contributed by atoms with Crippen LogP contribution < -0.4 is 4.31 Å². The first kappa shape index (κ1) is 16.7. The van der Waals surface area contributed by atoms with Gasteiger partial charge in [-0.15, -0.1) is 11.3 Å². The zero-order chi connectivity index (χ0) is 18.3. The molecule has 6 nitrogen and oxygen atoms in total. The van der Waals surface area contributed by atoms with Gasteiger partial charge in [-0.1, -0.05) is 24.3 Å². The van der Waals surface area contributed by atoms with E-state index in [2.05, 4.69) is 4.98 Å². The number of carboxylic acids is 1. The van der Waals surface area contributed by atoms with Gasteiger partial charge in [0.2, 0.25) is 0 Å². The number of rotatable bonds is 4. The average molecular weight is 386 g/mol. The number of nitrogens with zero attached hydrogens (tertiary/aromatic N) is 2. The van der Waals surface area contributed by atoms with E-state index in [4.69, 9.17) is 0 Å². The first-order chi connectivity index (χ1) is 12.5. The normalized spacial score (nSPS) is 16.5. The Morgan fingerprint density at radius 1 is 1.12 bits per heavy atom.